The van der Waals surface area contributed by atoms with Gasteiger partial charge in [0.25, 0.3) is 5.91 Å². The number of nitrogens with zero attached hydrogens (tertiary/aromatic N) is 2. The van der Waals surface area contributed by atoms with Gasteiger partial charge in [0.2, 0.25) is 0 Å². The molecule has 1 aromatic heterocycles. The second kappa shape index (κ2) is 9.65. The van der Waals surface area contributed by atoms with Crippen LogP contribution in [-0.4, -0.2) is 21.8 Å². The Balaban J connectivity index is 1.70. The standard InChI is InChI=1S/C23H25FN2O2S/c1-4-17(3)26(23(27)20-10-5-6-11-21(20)24)13-18-15-29-22(25-18)14-28-19-9-7-8-16(2)12-19/h5-12,15,17H,4,13-14H2,1-3H3/t17-/m0/s1. The van der Waals surface area contributed by atoms with Crippen molar-refractivity contribution < 1.29 is 13.9 Å². The van der Waals surface area contributed by atoms with E-state index < -0.39 is 5.82 Å². The molecule has 1 atom stereocenters. The first kappa shape index (κ1) is 21.0. The fourth-order valence-corrected chi connectivity index (χ4v) is 3.65. The van der Waals surface area contributed by atoms with Crippen molar-refractivity contribution >= 4 is 17.2 Å². The molecule has 1 amide bonds. The van der Waals surface area contributed by atoms with Gasteiger partial charge >= 0.3 is 0 Å². The van der Waals surface area contributed by atoms with E-state index in [1.54, 1.807) is 17.0 Å². The van der Waals surface area contributed by atoms with Crippen LogP contribution in [0.3, 0.4) is 0 Å². The minimum Gasteiger partial charge on any atom is -0.486 e. The van der Waals surface area contributed by atoms with Crippen molar-refractivity contribution in [2.24, 2.45) is 0 Å². The summed E-state index contributed by atoms with van der Waals surface area (Å²) in [5, 5.41) is 2.77. The monoisotopic (exact) mass is 412 g/mol. The number of halogens is 1. The minimum atomic E-state index is -0.503. The molecule has 0 spiro atoms. The van der Waals surface area contributed by atoms with Gasteiger partial charge in [0.1, 0.15) is 23.2 Å². The molecule has 2 aromatic carbocycles. The van der Waals surface area contributed by atoms with Gasteiger partial charge in [-0.1, -0.05) is 31.2 Å². The Bertz CT molecular complexity index is 973. The van der Waals surface area contributed by atoms with Crippen LogP contribution in [0.2, 0.25) is 0 Å². The third kappa shape index (κ3) is 5.41. The van der Waals surface area contributed by atoms with E-state index in [0.717, 1.165) is 28.4 Å². The smallest absolute Gasteiger partial charge is 0.257 e. The predicted molar refractivity (Wildman–Crippen MR) is 114 cm³/mol. The molecular weight excluding hydrogens is 387 g/mol. The molecule has 152 valence electrons. The number of carbonyl (C=O) groups excluding carboxylic acids is 1. The predicted octanol–water partition coefficient (Wildman–Crippen LogP) is 5.61. The largest absolute Gasteiger partial charge is 0.486 e. The average Bonchev–Trinajstić information content (AvgIpc) is 3.17. The van der Waals surface area contributed by atoms with Crippen LogP contribution in [0.25, 0.3) is 0 Å². The Morgan fingerprint density at radius 3 is 2.76 bits per heavy atom. The highest BCUT2D eigenvalue weighted by Gasteiger charge is 2.24. The number of carbonyl (C=O) groups is 1. The summed E-state index contributed by atoms with van der Waals surface area (Å²) in [6, 6.07) is 13.9. The van der Waals surface area contributed by atoms with E-state index in [0.29, 0.717) is 13.2 Å². The normalized spacial score (nSPS) is 11.9. The number of aromatic nitrogens is 1. The summed E-state index contributed by atoms with van der Waals surface area (Å²) in [4.78, 5) is 19.2. The van der Waals surface area contributed by atoms with Crippen LogP contribution in [0.1, 0.15) is 46.9 Å². The van der Waals surface area contributed by atoms with Crippen molar-refractivity contribution in [2.45, 2.75) is 46.4 Å². The Morgan fingerprint density at radius 1 is 1.24 bits per heavy atom. The topological polar surface area (TPSA) is 42.4 Å². The number of thiazole rings is 1. The second-order valence-electron chi connectivity index (χ2n) is 7.01. The molecular formula is C23H25FN2O2S. The van der Waals surface area contributed by atoms with Gasteiger partial charge in [0.05, 0.1) is 17.8 Å². The molecule has 0 saturated heterocycles. The lowest BCUT2D eigenvalue weighted by Crippen LogP contribution is -2.38. The van der Waals surface area contributed by atoms with Crippen molar-refractivity contribution in [3.63, 3.8) is 0 Å². The summed E-state index contributed by atoms with van der Waals surface area (Å²) in [7, 11) is 0. The quantitative estimate of drug-likeness (QED) is 0.483. The lowest BCUT2D eigenvalue weighted by molar-refractivity contribution is 0.0664. The summed E-state index contributed by atoms with van der Waals surface area (Å²) < 4.78 is 19.9. The van der Waals surface area contributed by atoms with Gasteiger partial charge in [-0.05, 0) is 50.1 Å². The van der Waals surface area contributed by atoms with Gasteiger partial charge in [-0.3, -0.25) is 4.79 Å². The molecule has 3 aromatic rings. The highest BCUT2D eigenvalue weighted by molar-refractivity contribution is 7.09. The summed E-state index contributed by atoms with van der Waals surface area (Å²) in [6.07, 6.45) is 0.771. The number of benzene rings is 2. The molecule has 0 saturated carbocycles. The van der Waals surface area contributed by atoms with Crippen LogP contribution in [0, 0.1) is 12.7 Å². The number of hydrogen-bond donors (Lipinski definition) is 0. The number of aryl methyl sites for hydroxylation is 1. The van der Waals surface area contributed by atoms with Crippen molar-refractivity contribution in [1.82, 2.24) is 9.88 Å². The number of rotatable bonds is 8. The SMILES string of the molecule is CC[C@H](C)N(Cc1csc(COc2cccc(C)c2)n1)C(=O)c1ccccc1F. The van der Waals surface area contributed by atoms with E-state index in [-0.39, 0.29) is 17.5 Å². The molecule has 0 aliphatic rings. The van der Waals surface area contributed by atoms with E-state index in [1.807, 2.05) is 50.4 Å². The molecule has 29 heavy (non-hydrogen) atoms. The van der Waals surface area contributed by atoms with Gasteiger partial charge in [-0.25, -0.2) is 9.37 Å². The van der Waals surface area contributed by atoms with Crippen LogP contribution in [0.15, 0.2) is 53.9 Å². The maximum atomic E-state index is 14.1. The number of ether oxygens (including phenoxy) is 1. The highest BCUT2D eigenvalue weighted by Crippen LogP contribution is 2.20. The highest BCUT2D eigenvalue weighted by atomic mass is 32.1. The molecule has 4 nitrogen and oxygen atoms in total. The minimum absolute atomic E-state index is 0.0317. The van der Waals surface area contributed by atoms with Crippen LogP contribution in [0.4, 0.5) is 4.39 Å². The Hall–Kier alpha value is -2.73. The molecule has 1 heterocycles. The summed E-state index contributed by atoms with van der Waals surface area (Å²) in [6.45, 7) is 6.70. The number of hydrogen-bond acceptors (Lipinski definition) is 4. The van der Waals surface area contributed by atoms with Gasteiger partial charge < -0.3 is 9.64 Å². The zero-order valence-corrected chi connectivity index (χ0v) is 17.7. The molecule has 0 N–H and O–H groups in total. The lowest BCUT2D eigenvalue weighted by Gasteiger charge is -2.28. The fourth-order valence-electron chi connectivity index (χ4n) is 2.95. The van der Waals surface area contributed by atoms with Gasteiger partial charge in [-0.15, -0.1) is 11.3 Å². The molecule has 3 rings (SSSR count). The second-order valence-corrected chi connectivity index (χ2v) is 7.95. The third-order valence-electron chi connectivity index (χ3n) is 4.77. The number of amides is 1. The summed E-state index contributed by atoms with van der Waals surface area (Å²) in [5.74, 6) is -0.0166. The van der Waals surface area contributed by atoms with Gasteiger partial charge in [0.15, 0.2) is 0 Å². The maximum Gasteiger partial charge on any atom is 0.257 e. The first-order valence-corrected chi connectivity index (χ1v) is 10.5. The van der Waals surface area contributed by atoms with Gasteiger partial charge in [-0.2, -0.15) is 0 Å². The molecule has 0 radical (unpaired) electrons. The van der Waals surface area contributed by atoms with Crippen LogP contribution in [-0.2, 0) is 13.2 Å². The zero-order valence-electron chi connectivity index (χ0n) is 16.9. The molecule has 0 bridgehead atoms. The molecule has 6 heteroatoms. The van der Waals surface area contributed by atoms with Crippen molar-refractivity contribution in [3.05, 3.63) is 81.6 Å². The van der Waals surface area contributed by atoms with E-state index in [2.05, 4.69) is 4.98 Å². The first-order chi connectivity index (χ1) is 14.0. The van der Waals surface area contributed by atoms with Crippen LogP contribution in [0.5, 0.6) is 5.75 Å². The zero-order chi connectivity index (χ0) is 20.8. The molecule has 0 aliphatic heterocycles. The molecule has 0 fully saturated rings. The van der Waals surface area contributed by atoms with E-state index in [4.69, 9.17) is 4.74 Å². The maximum absolute atomic E-state index is 14.1. The Morgan fingerprint density at radius 2 is 2.03 bits per heavy atom. The van der Waals surface area contributed by atoms with Crippen LogP contribution < -0.4 is 4.74 Å². The summed E-state index contributed by atoms with van der Waals surface area (Å²) in [5.41, 5.74) is 2.01. The van der Waals surface area contributed by atoms with E-state index in [9.17, 15) is 9.18 Å². The molecule has 0 aliphatic carbocycles. The van der Waals surface area contributed by atoms with Crippen molar-refractivity contribution in [3.8, 4) is 5.75 Å². The average molecular weight is 413 g/mol. The van der Waals surface area contributed by atoms with E-state index >= 15 is 0 Å². The van der Waals surface area contributed by atoms with Crippen molar-refractivity contribution in [1.29, 1.82) is 0 Å². The van der Waals surface area contributed by atoms with Crippen LogP contribution >= 0.6 is 11.3 Å². The Kier molecular flexibility index (Phi) is 6.99. The van der Waals surface area contributed by atoms with Gasteiger partial charge in [0, 0.05) is 11.4 Å². The Labute approximate surface area is 175 Å². The fraction of sp³-hybridized carbons (Fsp3) is 0.304. The first-order valence-electron chi connectivity index (χ1n) is 9.66. The lowest BCUT2D eigenvalue weighted by atomic mass is 10.1. The summed E-state index contributed by atoms with van der Waals surface area (Å²) >= 11 is 1.50. The van der Waals surface area contributed by atoms with E-state index in [1.165, 1.54) is 23.5 Å². The third-order valence-corrected chi connectivity index (χ3v) is 5.64. The molecule has 0 unspecified atom stereocenters. The van der Waals surface area contributed by atoms with Crippen molar-refractivity contribution in [2.75, 3.05) is 0 Å².